The molecule has 1 aliphatic carbocycles. The molecule has 9 heteroatoms. The SMILES string of the molecule is COC1(C)N=C(N2CCC(N)CC2)N=C(c2ccc(C#N)c(F)c2)C1C1C=Cc2nn(C)cc2C1C. The summed E-state index contributed by atoms with van der Waals surface area (Å²) in [7, 11) is 3.58. The molecule has 2 aromatic rings. The van der Waals surface area contributed by atoms with Gasteiger partial charge in [0.2, 0.25) is 5.96 Å². The molecular weight excluding hydrogens is 457 g/mol. The second kappa shape index (κ2) is 9.26. The van der Waals surface area contributed by atoms with Gasteiger partial charge < -0.3 is 15.4 Å². The molecule has 2 N–H and O–H groups in total. The number of allylic oxidation sites excluding steroid dienone is 1. The van der Waals surface area contributed by atoms with E-state index in [0.29, 0.717) is 17.2 Å². The predicted octanol–water partition coefficient (Wildman–Crippen LogP) is 3.44. The number of methoxy groups -OCH3 is 1. The zero-order valence-electron chi connectivity index (χ0n) is 21.1. The molecule has 0 radical (unpaired) electrons. The maximum absolute atomic E-state index is 14.8. The molecule has 5 rings (SSSR count). The van der Waals surface area contributed by atoms with E-state index >= 15 is 0 Å². The lowest BCUT2D eigenvalue weighted by Crippen LogP contribution is -2.52. The fourth-order valence-corrected chi connectivity index (χ4v) is 5.67. The third kappa shape index (κ3) is 4.14. The largest absolute Gasteiger partial charge is 0.357 e. The zero-order valence-corrected chi connectivity index (χ0v) is 21.1. The fraction of sp³-hybridized carbons (Fsp3) is 0.481. The second-order valence-electron chi connectivity index (χ2n) is 10.1. The topological polar surface area (TPSA) is 105 Å². The maximum Gasteiger partial charge on any atom is 0.223 e. The number of rotatable bonds is 3. The lowest BCUT2D eigenvalue weighted by molar-refractivity contribution is -0.0310. The number of piperidine rings is 1. The number of fused-ring (bicyclic) bond motifs is 1. The van der Waals surface area contributed by atoms with E-state index in [1.54, 1.807) is 13.2 Å². The number of aromatic nitrogens is 2. The molecule has 1 aromatic carbocycles. The van der Waals surface area contributed by atoms with Gasteiger partial charge in [-0.3, -0.25) is 4.68 Å². The molecule has 1 aromatic heterocycles. The van der Waals surface area contributed by atoms with E-state index in [1.165, 1.54) is 12.1 Å². The van der Waals surface area contributed by atoms with Crippen molar-refractivity contribution in [3.8, 4) is 6.07 Å². The number of aliphatic imine (C=N–C) groups is 2. The van der Waals surface area contributed by atoms with E-state index < -0.39 is 11.5 Å². The summed E-state index contributed by atoms with van der Waals surface area (Å²) < 4.78 is 22.8. The number of hydrogen-bond acceptors (Lipinski definition) is 7. The summed E-state index contributed by atoms with van der Waals surface area (Å²) in [5, 5.41) is 13.8. The highest BCUT2D eigenvalue weighted by Crippen LogP contribution is 2.46. The van der Waals surface area contributed by atoms with E-state index in [0.717, 1.165) is 37.2 Å². The molecule has 0 amide bonds. The summed E-state index contributed by atoms with van der Waals surface area (Å²) in [6, 6.07) is 6.77. The van der Waals surface area contributed by atoms with Crippen molar-refractivity contribution in [2.75, 3.05) is 20.2 Å². The van der Waals surface area contributed by atoms with Crippen LogP contribution in [-0.4, -0.2) is 58.3 Å². The van der Waals surface area contributed by atoms with Gasteiger partial charge in [0.15, 0.2) is 5.72 Å². The number of nitriles is 1. The van der Waals surface area contributed by atoms with Crippen LogP contribution in [0.4, 0.5) is 4.39 Å². The molecule has 0 bridgehead atoms. The molecule has 4 unspecified atom stereocenters. The van der Waals surface area contributed by atoms with Crippen molar-refractivity contribution < 1.29 is 9.13 Å². The number of benzene rings is 1. The number of halogens is 1. The summed E-state index contributed by atoms with van der Waals surface area (Å²) in [5.74, 6) is -0.201. The van der Waals surface area contributed by atoms with Gasteiger partial charge in [-0.05, 0) is 55.4 Å². The van der Waals surface area contributed by atoms with Crippen molar-refractivity contribution in [3.63, 3.8) is 0 Å². The highest BCUT2D eigenvalue weighted by atomic mass is 19.1. The number of likely N-dealkylation sites (tertiary alicyclic amines) is 1. The molecule has 4 atom stereocenters. The van der Waals surface area contributed by atoms with Crippen molar-refractivity contribution >= 4 is 17.7 Å². The summed E-state index contributed by atoms with van der Waals surface area (Å²) in [4.78, 5) is 12.3. The molecule has 0 saturated carbocycles. The predicted molar refractivity (Wildman–Crippen MR) is 137 cm³/mol. The molecule has 36 heavy (non-hydrogen) atoms. The number of nitrogens with zero attached hydrogens (tertiary/aromatic N) is 6. The third-order valence-electron chi connectivity index (χ3n) is 7.85. The highest BCUT2D eigenvalue weighted by molar-refractivity contribution is 6.11. The number of guanidine groups is 1. The van der Waals surface area contributed by atoms with Crippen LogP contribution < -0.4 is 5.73 Å². The van der Waals surface area contributed by atoms with Gasteiger partial charge in [0, 0.05) is 45.0 Å². The van der Waals surface area contributed by atoms with E-state index in [9.17, 15) is 9.65 Å². The van der Waals surface area contributed by atoms with Crippen LogP contribution in [0.25, 0.3) is 6.08 Å². The lowest BCUT2D eigenvalue weighted by Gasteiger charge is -2.44. The van der Waals surface area contributed by atoms with Crippen LogP contribution in [0, 0.1) is 29.0 Å². The van der Waals surface area contributed by atoms with E-state index in [-0.39, 0.29) is 29.4 Å². The van der Waals surface area contributed by atoms with Gasteiger partial charge >= 0.3 is 0 Å². The first kappa shape index (κ1) is 24.3. The Balaban J connectivity index is 1.63. The Labute approximate surface area is 211 Å². The monoisotopic (exact) mass is 489 g/mol. The first-order valence-corrected chi connectivity index (χ1v) is 12.4. The fourth-order valence-electron chi connectivity index (χ4n) is 5.67. The van der Waals surface area contributed by atoms with Gasteiger partial charge in [0.1, 0.15) is 11.9 Å². The van der Waals surface area contributed by atoms with Crippen molar-refractivity contribution in [1.82, 2.24) is 14.7 Å². The van der Waals surface area contributed by atoms with Crippen LogP contribution in [0.2, 0.25) is 0 Å². The Hall–Kier alpha value is -3.35. The van der Waals surface area contributed by atoms with Gasteiger partial charge in [-0.2, -0.15) is 10.4 Å². The van der Waals surface area contributed by atoms with E-state index in [1.807, 2.05) is 37.0 Å². The third-order valence-corrected chi connectivity index (χ3v) is 7.85. The Bertz CT molecular complexity index is 1300. The van der Waals surface area contributed by atoms with Crippen molar-refractivity contribution in [3.05, 3.63) is 58.7 Å². The Morgan fingerprint density at radius 3 is 2.69 bits per heavy atom. The number of hydrogen-bond donors (Lipinski definition) is 1. The summed E-state index contributed by atoms with van der Waals surface area (Å²) >= 11 is 0. The summed E-state index contributed by atoms with van der Waals surface area (Å²) in [5.41, 5.74) is 8.62. The van der Waals surface area contributed by atoms with Gasteiger partial charge in [0.05, 0.1) is 22.9 Å². The Kier molecular flexibility index (Phi) is 6.27. The molecule has 2 aliphatic heterocycles. The standard InChI is InChI=1S/C27H32FN7O/c1-16-20(7-8-23-21(16)15-34(3)33-23)24-25(17-5-6-18(14-29)22(28)13-17)31-26(32-27(24,2)36-4)35-11-9-19(30)10-12-35/h5-8,13,15-16,19-20,24H,9-12,30H2,1-4H3. The molecular formula is C27H32FN7O. The molecule has 3 heterocycles. The van der Waals surface area contributed by atoms with Crippen LogP contribution in [-0.2, 0) is 11.8 Å². The van der Waals surface area contributed by atoms with E-state index in [4.69, 9.17) is 20.5 Å². The summed E-state index contributed by atoms with van der Waals surface area (Å²) in [6.45, 7) is 5.65. The van der Waals surface area contributed by atoms with Gasteiger partial charge in [-0.25, -0.2) is 14.4 Å². The smallest absolute Gasteiger partial charge is 0.223 e. The normalized spacial score (nSPS) is 28.4. The maximum atomic E-state index is 14.8. The quantitative estimate of drug-likeness (QED) is 0.711. The molecule has 1 fully saturated rings. The zero-order chi connectivity index (χ0) is 25.6. The average molecular weight is 490 g/mol. The molecule has 8 nitrogen and oxygen atoms in total. The van der Waals surface area contributed by atoms with Crippen molar-refractivity contribution in [2.45, 2.75) is 44.4 Å². The minimum absolute atomic E-state index is 0.00560. The second-order valence-corrected chi connectivity index (χ2v) is 10.1. The highest BCUT2D eigenvalue weighted by Gasteiger charge is 2.48. The Morgan fingerprint density at radius 2 is 2.03 bits per heavy atom. The van der Waals surface area contributed by atoms with Crippen LogP contribution in [0.15, 0.2) is 40.5 Å². The minimum atomic E-state index is -0.945. The van der Waals surface area contributed by atoms with Crippen LogP contribution >= 0.6 is 0 Å². The van der Waals surface area contributed by atoms with Gasteiger partial charge in [0.25, 0.3) is 0 Å². The summed E-state index contributed by atoms with van der Waals surface area (Å²) in [6.07, 6.45) is 7.95. The van der Waals surface area contributed by atoms with Crippen molar-refractivity contribution in [1.29, 1.82) is 5.26 Å². The average Bonchev–Trinajstić information content (AvgIpc) is 3.26. The van der Waals surface area contributed by atoms with Crippen LogP contribution in [0.5, 0.6) is 0 Å². The molecule has 3 aliphatic rings. The minimum Gasteiger partial charge on any atom is -0.357 e. The van der Waals surface area contributed by atoms with Crippen LogP contribution in [0.1, 0.15) is 55.0 Å². The molecule has 0 spiro atoms. The molecule has 1 saturated heterocycles. The lowest BCUT2D eigenvalue weighted by atomic mass is 9.69. The van der Waals surface area contributed by atoms with Gasteiger partial charge in [-0.1, -0.05) is 19.1 Å². The Morgan fingerprint density at radius 1 is 1.28 bits per heavy atom. The van der Waals surface area contributed by atoms with Crippen molar-refractivity contribution in [2.24, 2.45) is 34.6 Å². The number of aryl methyl sites for hydroxylation is 1. The number of ether oxygens (including phenoxy) is 1. The first-order valence-electron chi connectivity index (χ1n) is 12.4. The van der Waals surface area contributed by atoms with Crippen LogP contribution in [0.3, 0.4) is 0 Å². The van der Waals surface area contributed by atoms with Gasteiger partial charge in [-0.15, -0.1) is 0 Å². The molecule has 188 valence electrons. The number of nitrogens with two attached hydrogens (primary N) is 1. The first-order chi connectivity index (χ1) is 17.2. The van der Waals surface area contributed by atoms with E-state index in [2.05, 4.69) is 23.0 Å².